The fourth-order valence-corrected chi connectivity index (χ4v) is 3.15. The van der Waals surface area contributed by atoms with Gasteiger partial charge in [0.15, 0.2) is 0 Å². The summed E-state index contributed by atoms with van der Waals surface area (Å²) in [5, 5.41) is 23.1. The van der Waals surface area contributed by atoms with Crippen LogP contribution in [0.4, 0.5) is 10.5 Å². The molecular weight excluding hydrogens is 304 g/mol. The molecule has 4 N–H and O–H groups in total. The Balaban J connectivity index is 1.62. The number of hydrogen-bond donors (Lipinski definition) is 4. The van der Waals surface area contributed by atoms with E-state index in [1.165, 1.54) is 0 Å². The highest BCUT2D eigenvalue weighted by atomic mass is 35.5. The van der Waals surface area contributed by atoms with Gasteiger partial charge in [0.25, 0.3) is 0 Å². The number of rotatable bonds is 3. The monoisotopic (exact) mass is 322 g/mol. The zero-order chi connectivity index (χ0) is 15.5. The quantitative estimate of drug-likeness (QED) is 0.700. The number of aliphatic hydroxyl groups excluding tert-OH is 1. The number of nitrogens with zero attached hydrogens (tertiary/aromatic N) is 1. The number of urea groups is 1. The molecule has 6 nitrogen and oxygen atoms in total. The van der Waals surface area contributed by atoms with Crippen LogP contribution in [0.1, 0.15) is 25.7 Å². The van der Waals surface area contributed by atoms with Gasteiger partial charge in [-0.1, -0.05) is 11.6 Å². The van der Waals surface area contributed by atoms with Crippen LogP contribution in [0.3, 0.4) is 0 Å². The van der Waals surface area contributed by atoms with Crippen molar-refractivity contribution in [2.45, 2.75) is 31.7 Å². The normalized spacial score (nSPS) is 21.7. The molecule has 1 fully saturated rings. The first-order chi connectivity index (χ1) is 10.7. The number of aliphatic hydroxyl groups is 1. The van der Waals surface area contributed by atoms with Crippen LogP contribution in [0.5, 0.6) is 0 Å². The SMILES string of the molecule is O=C(Nc1ccc(Cl)c2cn[nH]c12)NC1CCC(CO)CC1. The molecule has 0 aliphatic heterocycles. The Bertz CT molecular complexity index is 665. The number of aromatic nitrogens is 2. The van der Waals surface area contributed by atoms with E-state index in [-0.39, 0.29) is 18.7 Å². The van der Waals surface area contributed by atoms with Crippen LogP contribution in [-0.4, -0.2) is 34.0 Å². The van der Waals surface area contributed by atoms with Crippen LogP contribution in [-0.2, 0) is 0 Å². The number of H-pyrrole nitrogens is 1. The molecule has 0 radical (unpaired) electrons. The molecule has 0 atom stereocenters. The third kappa shape index (κ3) is 3.18. The molecule has 1 aromatic heterocycles. The van der Waals surface area contributed by atoms with E-state index >= 15 is 0 Å². The molecule has 118 valence electrons. The van der Waals surface area contributed by atoms with Crippen LogP contribution in [0.2, 0.25) is 5.02 Å². The van der Waals surface area contributed by atoms with Gasteiger partial charge in [-0.25, -0.2) is 4.79 Å². The number of carbonyl (C=O) groups is 1. The summed E-state index contributed by atoms with van der Waals surface area (Å²) in [6.07, 6.45) is 5.34. The van der Waals surface area contributed by atoms with Crippen molar-refractivity contribution in [3.63, 3.8) is 0 Å². The van der Waals surface area contributed by atoms with E-state index in [9.17, 15) is 4.79 Å². The van der Waals surface area contributed by atoms with E-state index in [0.717, 1.165) is 31.1 Å². The van der Waals surface area contributed by atoms with Crippen LogP contribution in [0.15, 0.2) is 18.3 Å². The van der Waals surface area contributed by atoms with Crippen LogP contribution in [0, 0.1) is 5.92 Å². The van der Waals surface area contributed by atoms with E-state index in [1.807, 2.05) is 0 Å². The number of fused-ring (bicyclic) bond motifs is 1. The Kier molecular flexibility index (Phi) is 4.49. The molecule has 0 spiro atoms. The number of halogens is 1. The molecule has 22 heavy (non-hydrogen) atoms. The maximum Gasteiger partial charge on any atom is 0.319 e. The number of nitrogens with one attached hydrogen (secondary N) is 3. The lowest BCUT2D eigenvalue weighted by Gasteiger charge is -2.28. The molecule has 1 aliphatic carbocycles. The fraction of sp³-hybridized carbons (Fsp3) is 0.467. The summed E-state index contributed by atoms with van der Waals surface area (Å²) in [5.74, 6) is 0.377. The predicted molar refractivity (Wildman–Crippen MR) is 86.1 cm³/mol. The Hall–Kier alpha value is -1.79. The van der Waals surface area contributed by atoms with E-state index < -0.39 is 0 Å². The van der Waals surface area contributed by atoms with Gasteiger partial charge < -0.3 is 15.7 Å². The fourth-order valence-electron chi connectivity index (χ4n) is 2.94. The van der Waals surface area contributed by atoms with Crippen molar-refractivity contribution in [3.05, 3.63) is 23.4 Å². The number of amides is 2. The first kappa shape index (κ1) is 15.1. The average molecular weight is 323 g/mol. The number of hydrogen-bond acceptors (Lipinski definition) is 3. The maximum atomic E-state index is 12.1. The van der Waals surface area contributed by atoms with Crippen molar-refractivity contribution in [2.24, 2.45) is 5.92 Å². The molecule has 3 rings (SSSR count). The largest absolute Gasteiger partial charge is 0.396 e. The molecule has 1 heterocycles. The van der Waals surface area contributed by atoms with E-state index in [0.29, 0.717) is 22.1 Å². The first-order valence-electron chi connectivity index (χ1n) is 7.47. The van der Waals surface area contributed by atoms with Crippen LogP contribution >= 0.6 is 11.6 Å². The lowest BCUT2D eigenvalue weighted by molar-refractivity contribution is 0.176. The average Bonchev–Trinajstić information content (AvgIpc) is 3.01. The highest BCUT2D eigenvalue weighted by Gasteiger charge is 2.22. The lowest BCUT2D eigenvalue weighted by atomic mass is 9.87. The van der Waals surface area contributed by atoms with Gasteiger partial charge in [0, 0.05) is 18.0 Å². The van der Waals surface area contributed by atoms with Gasteiger partial charge in [0.05, 0.1) is 22.4 Å². The first-order valence-corrected chi connectivity index (χ1v) is 7.85. The summed E-state index contributed by atoms with van der Waals surface area (Å²) in [4.78, 5) is 12.1. The van der Waals surface area contributed by atoms with Gasteiger partial charge in [-0.2, -0.15) is 5.10 Å². The summed E-state index contributed by atoms with van der Waals surface area (Å²) in [6, 6.07) is 3.42. The third-order valence-electron chi connectivity index (χ3n) is 4.25. The minimum Gasteiger partial charge on any atom is -0.396 e. The Morgan fingerprint density at radius 1 is 1.36 bits per heavy atom. The summed E-state index contributed by atoms with van der Waals surface area (Å²) >= 11 is 6.08. The summed E-state index contributed by atoms with van der Waals surface area (Å²) < 4.78 is 0. The molecule has 0 bridgehead atoms. The van der Waals surface area contributed by atoms with Gasteiger partial charge in [0.2, 0.25) is 0 Å². The molecule has 2 amide bonds. The molecular formula is C15H19ClN4O2. The predicted octanol–water partition coefficient (Wildman–Crippen LogP) is 2.89. The van der Waals surface area contributed by atoms with Gasteiger partial charge in [-0.05, 0) is 43.7 Å². The minimum absolute atomic E-state index is 0.160. The second-order valence-electron chi connectivity index (χ2n) is 5.75. The topological polar surface area (TPSA) is 90.0 Å². The summed E-state index contributed by atoms with van der Waals surface area (Å²) in [6.45, 7) is 0.238. The van der Waals surface area contributed by atoms with E-state index in [2.05, 4.69) is 20.8 Å². The molecule has 2 aromatic rings. The second-order valence-corrected chi connectivity index (χ2v) is 6.16. The third-order valence-corrected chi connectivity index (χ3v) is 4.58. The zero-order valence-corrected chi connectivity index (χ0v) is 12.9. The van der Waals surface area contributed by atoms with Gasteiger partial charge in [-0.3, -0.25) is 5.10 Å². The molecule has 1 aromatic carbocycles. The van der Waals surface area contributed by atoms with Gasteiger partial charge >= 0.3 is 6.03 Å². The van der Waals surface area contributed by atoms with Gasteiger partial charge in [-0.15, -0.1) is 0 Å². The minimum atomic E-state index is -0.231. The van der Waals surface area contributed by atoms with E-state index in [1.54, 1.807) is 18.3 Å². The second kappa shape index (κ2) is 6.54. The van der Waals surface area contributed by atoms with Crippen molar-refractivity contribution in [1.29, 1.82) is 0 Å². The number of anilines is 1. The Morgan fingerprint density at radius 3 is 2.86 bits per heavy atom. The molecule has 1 aliphatic rings. The van der Waals surface area contributed by atoms with Crippen molar-refractivity contribution in [3.8, 4) is 0 Å². The lowest BCUT2D eigenvalue weighted by Crippen LogP contribution is -2.40. The maximum absolute atomic E-state index is 12.1. The van der Waals surface area contributed by atoms with Crippen molar-refractivity contribution in [2.75, 3.05) is 11.9 Å². The number of benzene rings is 1. The molecule has 0 unspecified atom stereocenters. The molecule has 1 saturated carbocycles. The molecule has 0 saturated heterocycles. The van der Waals surface area contributed by atoms with E-state index in [4.69, 9.17) is 16.7 Å². The highest BCUT2D eigenvalue weighted by molar-refractivity contribution is 6.35. The molecule has 7 heteroatoms. The van der Waals surface area contributed by atoms with Crippen LogP contribution in [0.25, 0.3) is 10.9 Å². The van der Waals surface area contributed by atoms with Crippen molar-refractivity contribution in [1.82, 2.24) is 15.5 Å². The summed E-state index contributed by atoms with van der Waals surface area (Å²) in [7, 11) is 0. The summed E-state index contributed by atoms with van der Waals surface area (Å²) in [5.41, 5.74) is 1.37. The zero-order valence-electron chi connectivity index (χ0n) is 12.1. The number of carbonyl (C=O) groups excluding carboxylic acids is 1. The number of aromatic amines is 1. The van der Waals surface area contributed by atoms with Gasteiger partial charge in [0.1, 0.15) is 0 Å². The van der Waals surface area contributed by atoms with Crippen molar-refractivity contribution >= 4 is 34.2 Å². The standard InChI is InChI=1S/C15H19ClN4O2/c16-12-5-6-13(14-11(12)7-17-20-14)19-15(22)18-10-3-1-9(8-21)2-4-10/h5-7,9-10,21H,1-4,8H2,(H,17,20)(H2,18,19,22). The smallest absolute Gasteiger partial charge is 0.319 e. The van der Waals surface area contributed by atoms with Crippen molar-refractivity contribution < 1.29 is 9.90 Å². The Labute approximate surface area is 133 Å². The highest BCUT2D eigenvalue weighted by Crippen LogP contribution is 2.28. The van der Waals surface area contributed by atoms with Crippen LogP contribution < -0.4 is 10.6 Å². The Morgan fingerprint density at radius 2 is 2.14 bits per heavy atom.